The molecule has 0 saturated heterocycles. The van der Waals surface area contributed by atoms with Crippen molar-refractivity contribution in [3.05, 3.63) is 23.8 Å². The normalized spacial score (nSPS) is 17.3. The van der Waals surface area contributed by atoms with E-state index < -0.39 is 18.0 Å². The lowest BCUT2D eigenvalue weighted by molar-refractivity contribution is -0.145. The van der Waals surface area contributed by atoms with E-state index in [0.717, 1.165) is 0 Å². The lowest BCUT2D eigenvalue weighted by Crippen LogP contribution is -2.19. The van der Waals surface area contributed by atoms with Crippen LogP contribution in [0.4, 0.5) is 0 Å². The maximum atomic E-state index is 10.8. The van der Waals surface area contributed by atoms with Crippen LogP contribution in [0.2, 0.25) is 0 Å². The van der Waals surface area contributed by atoms with Gasteiger partial charge in [-0.2, -0.15) is 0 Å². The SMILES string of the molecule is C[C@H](C(=O)O)[C@@H](O)c1ccc2c(c1)OCCO2. The molecule has 0 radical (unpaired) electrons. The van der Waals surface area contributed by atoms with Crippen LogP contribution < -0.4 is 9.47 Å². The van der Waals surface area contributed by atoms with E-state index in [-0.39, 0.29) is 0 Å². The maximum Gasteiger partial charge on any atom is 0.309 e. The van der Waals surface area contributed by atoms with Crippen molar-refractivity contribution in [2.45, 2.75) is 13.0 Å². The van der Waals surface area contributed by atoms with Gasteiger partial charge in [0, 0.05) is 0 Å². The molecule has 0 bridgehead atoms. The number of hydrogen-bond acceptors (Lipinski definition) is 4. The van der Waals surface area contributed by atoms with E-state index in [1.165, 1.54) is 6.92 Å². The summed E-state index contributed by atoms with van der Waals surface area (Å²) < 4.78 is 10.7. The number of aliphatic hydroxyl groups excluding tert-OH is 1. The standard InChI is InChI=1S/C12H14O5/c1-7(12(14)15)11(13)8-2-3-9-10(6-8)17-5-4-16-9/h2-3,6-7,11,13H,4-5H2,1H3,(H,14,15)/t7-,11+/m0/s1. The highest BCUT2D eigenvalue weighted by Crippen LogP contribution is 2.34. The first-order valence-corrected chi connectivity index (χ1v) is 5.40. The van der Waals surface area contributed by atoms with E-state index in [1.807, 2.05) is 0 Å². The van der Waals surface area contributed by atoms with E-state index in [4.69, 9.17) is 14.6 Å². The van der Waals surface area contributed by atoms with Gasteiger partial charge in [0.15, 0.2) is 11.5 Å². The van der Waals surface area contributed by atoms with Crippen molar-refractivity contribution in [1.82, 2.24) is 0 Å². The highest BCUT2D eigenvalue weighted by Gasteiger charge is 2.24. The van der Waals surface area contributed by atoms with Crippen molar-refractivity contribution >= 4 is 5.97 Å². The topological polar surface area (TPSA) is 76.0 Å². The summed E-state index contributed by atoms with van der Waals surface area (Å²) in [6.45, 7) is 2.42. The zero-order valence-corrected chi connectivity index (χ0v) is 9.42. The third kappa shape index (κ3) is 2.34. The number of aliphatic hydroxyl groups is 1. The van der Waals surface area contributed by atoms with Crippen LogP contribution in [0, 0.1) is 5.92 Å². The van der Waals surface area contributed by atoms with E-state index in [2.05, 4.69) is 0 Å². The molecule has 1 aliphatic rings. The molecule has 17 heavy (non-hydrogen) atoms. The first kappa shape index (κ1) is 11.7. The number of carboxylic acid groups (broad SMARTS) is 1. The fraction of sp³-hybridized carbons (Fsp3) is 0.417. The number of benzene rings is 1. The van der Waals surface area contributed by atoms with Gasteiger partial charge < -0.3 is 19.7 Å². The molecule has 5 nitrogen and oxygen atoms in total. The minimum absolute atomic E-state index is 0.459. The second-order valence-corrected chi connectivity index (χ2v) is 3.97. The molecule has 0 unspecified atom stereocenters. The molecule has 0 saturated carbocycles. The van der Waals surface area contributed by atoms with Crippen LogP contribution in [-0.2, 0) is 4.79 Å². The van der Waals surface area contributed by atoms with Gasteiger partial charge >= 0.3 is 5.97 Å². The Hall–Kier alpha value is -1.75. The van der Waals surface area contributed by atoms with Gasteiger partial charge in [-0.05, 0) is 24.6 Å². The predicted octanol–water partition coefficient (Wildman–Crippen LogP) is 1.21. The Balaban J connectivity index is 2.24. The van der Waals surface area contributed by atoms with Crippen molar-refractivity contribution in [3.63, 3.8) is 0 Å². The molecule has 92 valence electrons. The summed E-state index contributed by atoms with van der Waals surface area (Å²) in [5, 5.41) is 18.7. The van der Waals surface area contributed by atoms with Gasteiger partial charge in [-0.3, -0.25) is 4.79 Å². The summed E-state index contributed by atoms with van der Waals surface area (Å²) in [4.78, 5) is 10.8. The fourth-order valence-corrected chi connectivity index (χ4v) is 1.67. The minimum atomic E-state index is -1.05. The zero-order chi connectivity index (χ0) is 12.4. The van der Waals surface area contributed by atoms with Crippen LogP contribution >= 0.6 is 0 Å². The molecule has 1 aromatic carbocycles. The Morgan fingerprint density at radius 1 is 1.29 bits per heavy atom. The predicted molar refractivity (Wildman–Crippen MR) is 59.2 cm³/mol. The summed E-state index contributed by atoms with van der Waals surface area (Å²) in [6.07, 6.45) is -1.05. The molecule has 0 fully saturated rings. The van der Waals surface area contributed by atoms with Gasteiger partial charge in [0.1, 0.15) is 13.2 Å². The summed E-state index contributed by atoms with van der Waals surface area (Å²) in [6, 6.07) is 4.96. The van der Waals surface area contributed by atoms with Crippen LogP contribution in [0.1, 0.15) is 18.6 Å². The molecule has 1 aliphatic heterocycles. The summed E-state index contributed by atoms with van der Waals surface area (Å²) in [7, 11) is 0. The lowest BCUT2D eigenvalue weighted by atomic mass is 9.97. The average molecular weight is 238 g/mol. The van der Waals surface area contributed by atoms with Crippen molar-refractivity contribution in [3.8, 4) is 11.5 Å². The summed E-state index contributed by atoms with van der Waals surface area (Å²) >= 11 is 0. The number of hydrogen-bond donors (Lipinski definition) is 2. The first-order chi connectivity index (χ1) is 8.09. The van der Waals surface area contributed by atoms with Crippen LogP contribution in [-0.4, -0.2) is 29.4 Å². The first-order valence-electron chi connectivity index (χ1n) is 5.40. The van der Waals surface area contributed by atoms with E-state index >= 15 is 0 Å². The number of rotatable bonds is 3. The number of fused-ring (bicyclic) bond motifs is 1. The van der Waals surface area contributed by atoms with Crippen molar-refractivity contribution in [2.24, 2.45) is 5.92 Å². The van der Waals surface area contributed by atoms with Crippen LogP contribution in [0.3, 0.4) is 0 Å². The molecule has 0 amide bonds. The van der Waals surface area contributed by atoms with Crippen LogP contribution in [0.25, 0.3) is 0 Å². The second-order valence-electron chi connectivity index (χ2n) is 3.97. The molecule has 5 heteroatoms. The monoisotopic (exact) mass is 238 g/mol. The average Bonchev–Trinajstić information content (AvgIpc) is 2.36. The molecule has 2 N–H and O–H groups in total. The lowest BCUT2D eigenvalue weighted by Gasteiger charge is -2.21. The Morgan fingerprint density at radius 3 is 2.59 bits per heavy atom. The molecule has 2 atom stereocenters. The highest BCUT2D eigenvalue weighted by molar-refractivity contribution is 5.70. The molecule has 0 aliphatic carbocycles. The minimum Gasteiger partial charge on any atom is -0.486 e. The number of carbonyl (C=O) groups is 1. The Labute approximate surface area is 98.6 Å². The molecule has 0 spiro atoms. The zero-order valence-electron chi connectivity index (χ0n) is 9.42. The van der Waals surface area contributed by atoms with E-state index in [9.17, 15) is 9.90 Å². The number of aliphatic carboxylic acids is 1. The van der Waals surface area contributed by atoms with E-state index in [1.54, 1.807) is 18.2 Å². The van der Waals surface area contributed by atoms with Gasteiger partial charge in [0.05, 0.1) is 12.0 Å². The Kier molecular flexibility index (Phi) is 3.19. The van der Waals surface area contributed by atoms with Gasteiger partial charge in [0.2, 0.25) is 0 Å². The fourth-order valence-electron chi connectivity index (χ4n) is 1.67. The third-order valence-corrected chi connectivity index (χ3v) is 2.77. The van der Waals surface area contributed by atoms with Crippen molar-refractivity contribution < 1.29 is 24.5 Å². The number of carboxylic acids is 1. The number of ether oxygens (including phenoxy) is 2. The summed E-state index contributed by atoms with van der Waals surface area (Å²) in [5.74, 6) is -0.731. The van der Waals surface area contributed by atoms with Crippen molar-refractivity contribution in [1.29, 1.82) is 0 Å². The second kappa shape index (κ2) is 4.63. The van der Waals surface area contributed by atoms with Gasteiger partial charge in [-0.1, -0.05) is 6.07 Å². The van der Waals surface area contributed by atoms with Gasteiger partial charge in [-0.15, -0.1) is 0 Å². The maximum absolute atomic E-state index is 10.8. The smallest absolute Gasteiger partial charge is 0.309 e. The summed E-state index contributed by atoms with van der Waals surface area (Å²) in [5.41, 5.74) is 0.518. The Morgan fingerprint density at radius 2 is 1.94 bits per heavy atom. The molecule has 2 rings (SSSR count). The molecule has 1 heterocycles. The molecular formula is C12H14O5. The van der Waals surface area contributed by atoms with E-state index in [0.29, 0.717) is 30.3 Å². The highest BCUT2D eigenvalue weighted by atomic mass is 16.6. The van der Waals surface area contributed by atoms with Gasteiger partial charge in [0.25, 0.3) is 0 Å². The Bertz CT molecular complexity index is 429. The van der Waals surface area contributed by atoms with Crippen molar-refractivity contribution in [2.75, 3.05) is 13.2 Å². The molecular weight excluding hydrogens is 224 g/mol. The third-order valence-electron chi connectivity index (χ3n) is 2.77. The quantitative estimate of drug-likeness (QED) is 0.827. The molecule has 0 aromatic heterocycles. The largest absolute Gasteiger partial charge is 0.486 e. The van der Waals surface area contributed by atoms with Crippen LogP contribution in [0.15, 0.2) is 18.2 Å². The molecule has 1 aromatic rings. The van der Waals surface area contributed by atoms with Gasteiger partial charge in [-0.25, -0.2) is 0 Å². The van der Waals surface area contributed by atoms with Crippen LogP contribution in [0.5, 0.6) is 11.5 Å².